The Morgan fingerprint density at radius 3 is 2.55 bits per heavy atom. The fourth-order valence-corrected chi connectivity index (χ4v) is 9.05. The van der Waals surface area contributed by atoms with Gasteiger partial charge in [-0.2, -0.15) is 36.3 Å². The summed E-state index contributed by atoms with van der Waals surface area (Å²) in [5.74, 6) is -2.21. The highest BCUT2D eigenvalue weighted by molar-refractivity contribution is 6.05. The van der Waals surface area contributed by atoms with Crippen molar-refractivity contribution in [2.24, 2.45) is 0 Å². The maximum atomic E-state index is 17.1. The van der Waals surface area contributed by atoms with Crippen LogP contribution in [0.15, 0.2) is 12.6 Å². The molecule has 5 aliphatic rings. The van der Waals surface area contributed by atoms with Crippen molar-refractivity contribution in [3.8, 4) is 17.3 Å². The Morgan fingerprint density at radius 2 is 1.82 bits per heavy atom. The molecule has 0 aliphatic carbocycles. The predicted molar refractivity (Wildman–Crippen MR) is 165 cm³/mol. The van der Waals surface area contributed by atoms with E-state index in [9.17, 15) is 17.6 Å². The van der Waals surface area contributed by atoms with Gasteiger partial charge in [-0.1, -0.05) is 6.58 Å². The zero-order chi connectivity index (χ0) is 34.8. The van der Waals surface area contributed by atoms with E-state index in [0.717, 1.165) is 32.3 Å². The topological polar surface area (TPSA) is 92.4 Å². The van der Waals surface area contributed by atoms with E-state index < -0.39 is 80.8 Å². The van der Waals surface area contributed by atoms with Gasteiger partial charge in [-0.05, 0) is 62.8 Å². The van der Waals surface area contributed by atoms with Crippen molar-refractivity contribution < 1.29 is 39.9 Å². The summed E-state index contributed by atoms with van der Waals surface area (Å²) in [6.45, 7) is 6.19. The summed E-state index contributed by atoms with van der Waals surface area (Å²) in [6.07, 6.45) is -8.49. The second-order valence-corrected chi connectivity index (χ2v) is 14.0. The van der Waals surface area contributed by atoms with E-state index in [1.165, 1.54) is 0 Å². The third-order valence-corrected chi connectivity index (χ3v) is 11.0. The number of aromatic nitrogens is 3. The Kier molecular flexibility index (Phi) is 7.18. The molecule has 0 spiro atoms. The molecule has 5 atom stereocenters. The van der Waals surface area contributed by atoms with E-state index >= 15 is 17.6 Å². The number of hydrogen-bond donors (Lipinski definition) is 2. The lowest BCUT2D eigenvalue weighted by Gasteiger charge is -2.41. The van der Waals surface area contributed by atoms with Crippen LogP contribution in [0.2, 0.25) is 0 Å². The maximum Gasteiger partial charge on any atom is 0.418 e. The molecule has 2 aromatic heterocycles. The van der Waals surface area contributed by atoms with Crippen molar-refractivity contribution in [3.05, 3.63) is 40.7 Å². The molecule has 7 heterocycles. The van der Waals surface area contributed by atoms with E-state index in [1.807, 2.05) is 9.80 Å². The molecule has 4 saturated heterocycles. The molecule has 4 fully saturated rings. The molecule has 49 heavy (non-hydrogen) atoms. The summed E-state index contributed by atoms with van der Waals surface area (Å²) in [4.78, 5) is 16.4. The van der Waals surface area contributed by atoms with E-state index in [0.29, 0.717) is 19.5 Å². The lowest BCUT2D eigenvalue weighted by molar-refractivity contribution is -0.140. The fourth-order valence-electron chi connectivity index (χ4n) is 9.05. The molecule has 0 amide bonds. The minimum atomic E-state index is -5.36. The number of nitrogen functional groups attached to an aromatic ring is 1. The molecule has 8 nitrogen and oxygen atoms in total. The Labute approximate surface area is 275 Å². The number of rotatable bonds is 4. The van der Waals surface area contributed by atoms with Crippen molar-refractivity contribution >= 4 is 28.1 Å². The molecule has 0 saturated carbocycles. The molecule has 1 aromatic carbocycles. The molecular weight excluding hydrogens is 662 g/mol. The van der Waals surface area contributed by atoms with Gasteiger partial charge in [-0.3, -0.25) is 4.90 Å². The quantitative estimate of drug-likeness (QED) is 0.302. The van der Waals surface area contributed by atoms with Crippen LogP contribution in [0.1, 0.15) is 60.8 Å². The van der Waals surface area contributed by atoms with Crippen molar-refractivity contribution in [2.45, 2.75) is 87.6 Å². The molecule has 5 aliphatic heterocycles. The van der Waals surface area contributed by atoms with Crippen LogP contribution < -0.4 is 20.7 Å². The minimum Gasteiger partial charge on any atom is -0.461 e. The average molecular weight is 696 g/mol. The summed E-state index contributed by atoms with van der Waals surface area (Å²) in [5.41, 5.74) is -2.61. The average Bonchev–Trinajstić information content (AvgIpc) is 3.64. The smallest absolute Gasteiger partial charge is 0.418 e. The van der Waals surface area contributed by atoms with E-state index in [1.54, 1.807) is 0 Å². The first kappa shape index (κ1) is 32.4. The SMILES string of the molecule is C=C1C[C@@H]2C3CC[C@H](CN2c2nc(OC[C@@]45CCCN4C[C@H](F)C5)nc4c(F)c(-c5nc(N)cc(C)c5C(F)(F)F)c(C(F)(F)F)c1c24)N3. The highest BCUT2D eigenvalue weighted by Gasteiger charge is 2.51. The van der Waals surface area contributed by atoms with E-state index in [4.69, 9.17) is 10.5 Å². The largest absolute Gasteiger partial charge is 0.461 e. The number of alkyl halides is 7. The lowest BCUT2D eigenvalue weighted by atomic mass is 9.86. The fraction of sp³-hybridized carbons (Fsp3) is 0.545. The van der Waals surface area contributed by atoms with Crippen LogP contribution >= 0.6 is 0 Å². The number of fused-ring (bicyclic) bond motifs is 6. The Bertz CT molecular complexity index is 1900. The van der Waals surface area contributed by atoms with Crippen molar-refractivity contribution in [2.75, 3.05) is 36.9 Å². The second kappa shape index (κ2) is 10.9. The third kappa shape index (κ3) is 5.02. The third-order valence-electron chi connectivity index (χ3n) is 11.0. The highest BCUT2D eigenvalue weighted by atomic mass is 19.4. The number of aryl methyl sites for hydroxylation is 1. The first-order valence-corrected chi connectivity index (χ1v) is 16.3. The van der Waals surface area contributed by atoms with Crippen LogP contribution in [0.3, 0.4) is 0 Å². The summed E-state index contributed by atoms with van der Waals surface area (Å²) >= 11 is 0. The van der Waals surface area contributed by atoms with Crippen LogP contribution in [-0.4, -0.2) is 75.9 Å². The number of nitrogens with zero attached hydrogens (tertiary/aromatic N) is 5. The molecule has 2 bridgehead atoms. The number of benzene rings is 1. The zero-order valence-corrected chi connectivity index (χ0v) is 26.4. The number of piperazine rings is 1. The molecule has 0 radical (unpaired) electrons. The second-order valence-electron chi connectivity index (χ2n) is 14.0. The van der Waals surface area contributed by atoms with Crippen LogP contribution in [0, 0.1) is 12.7 Å². The number of nitrogens with two attached hydrogens (primary N) is 1. The molecule has 8 rings (SSSR count). The normalized spacial score (nSPS) is 28.3. The first-order chi connectivity index (χ1) is 23.1. The van der Waals surface area contributed by atoms with Crippen molar-refractivity contribution in [1.29, 1.82) is 0 Å². The standard InChI is InChI=1S/C33H33F8N7O/c1-14-8-19-18-5-4-17(43-18)12-48(19)29-22-21(14)25(33(39,40)41)23(27-24(32(36,37)38)15(2)9-20(42)44-27)26(35)28(22)45-30(46-29)49-13-31-6-3-7-47(31)11-16(34)10-31/h9,16-19,43H,1,3-8,10-13H2,2H3,(H2,42,44)/t16-,17-,18?,19-,31+/m1/s1. The molecule has 16 heteroatoms. The lowest BCUT2D eigenvalue weighted by Crippen LogP contribution is -2.58. The summed E-state index contributed by atoms with van der Waals surface area (Å²) in [7, 11) is 0. The number of nitrogens with one attached hydrogen (secondary N) is 1. The summed E-state index contributed by atoms with van der Waals surface area (Å²) in [5, 5.41) is 3.18. The van der Waals surface area contributed by atoms with Gasteiger partial charge in [-0.15, -0.1) is 0 Å². The van der Waals surface area contributed by atoms with Gasteiger partial charge in [0.1, 0.15) is 29.9 Å². The van der Waals surface area contributed by atoms with E-state index in [2.05, 4.69) is 26.8 Å². The van der Waals surface area contributed by atoms with Gasteiger partial charge in [0.15, 0.2) is 5.82 Å². The van der Waals surface area contributed by atoms with Gasteiger partial charge in [0.2, 0.25) is 0 Å². The number of anilines is 2. The van der Waals surface area contributed by atoms with Gasteiger partial charge in [0.05, 0.1) is 33.3 Å². The Morgan fingerprint density at radius 1 is 1.06 bits per heavy atom. The highest BCUT2D eigenvalue weighted by Crippen LogP contribution is 2.53. The Balaban J connectivity index is 1.42. The number of hydrogen-bond acceptors (Lipinski definition) is 8. The zero-order valence-electron chi connectivity index (χ0n) is 26.4. The van der Waals surface area contributed by atoms with E-state index in [-0.39, 0.29) is 60.9 Å². The van der Waals surface area contributed by atoms with Crippen LogP contribution in [0.4, 0.5) is 46.8 Å². The molecule has 3 aromatic rings. The summed E-state index contributed by atoms with van der Waals surface area (Å²) < 4.78 is 127. The number of ether oxygens (including phenoxy) is 1. The molecule has 3 N–H and O–H groups in total. The number of pyridine rings is 1. The Hall–Kier alpha value is -3.79. The predicted octanol–water partition coefficient (Wildman–Crippen LogP) is 6.44. The van der Waals surface area contributed by atoms with Crippen molar-refractivity contribution in [1.82, 2.24) is 25.2 Å². The summed E-state index contributed by atoms with van der Waals surface area (Å²) in [6, 6.07) is -0.112. The van der Waals surface area contributed by atoms with Gasteiger partial charge < -0.3 is 20.7 Å². The van der Waals surface area contributed by atoms with Gasteiger partial charge in [0.25, 0.3) is 0 Å². The number of halogens is 8. The maximum absolute atomic E-state index is 17.1. The first-order valence-electron chi connectivity index (χ1n) is 16.3. The van der Waals surface area contributed by atoms with Gasteiger partial charge in [0, 0.05) is 43.2 Å². The van der Waals surface area contributed by atoms with Crippen LogP contribution in [0.25, 0.3) is 27.7 Å². The van der Waals surface area contributed by atoms with Crippen molar-refractivity contribution in [3.63, 3.8) is 0 Å². The monoisotopic (exact) mass is 695 g/mol. The van der Waals surface area contributed by atoms with Crippen LogP contribution in [-0.2, 0) is 12.4 Å². The van der Waals surface area contributed by atoms with Gasteiger partial charge >= 0.3 is 18.4 Å². The van der Waals surface area contributed by atoms with Gasteiger partial charge in [-0.25, -0.2) is 13.8 Å². The molecule has 262 valence electrons. The minimum absolute atomic E-state index is 0.00827. The van der Waals surface area contributed by atoms with Crippen LogP contribution in [0.5, 0.6) is 6.01 Å². The molecular formula is C33H33F8N7O. The molecule has 1 unspecified atom stereocenters.